The lowest BCUT2D eigenvalue weighted by atomic mass is 10.1. The van der Waals surface area contributed by atoms with Crippen molar-refractivity contribution >= 4 is 22.6 Å². The van der Waals surface area contributed by atoms with Crippen molar-refractivity contribution in [2.75, 3.05) is 13.1 Å². The largest absolute Gasteiger partial charge is 0.453 e. The van der Waals surface area contributed by atoms with Gasteiger partial charge in [0.25, 0.3) is 17.9 Å². The smallest absolute Gasteiger partial charge is 0.273 e. The molecule has 3 rings (SSSR count). The van der Waals surface area contributed by atoms with E-state index < -0.39 is 17.9 Å². The lowest BCUT2D eigenvalue weighted by molar-refractivity contribution is -0.144. The summed E-state index contributed by atoms with van der Waals surface area (Å²) in [4.78, 5) is 30.8. The van der Waals surface area contributed by atoms with E-state index in [0.717, 1.165) is 10.9 Å². The highest BCUT2D eigenvalue weighted by molar-refractivity contribution is 6.03. The monoisotopic (exact) mass is 377 g/mol. The molecule has 0 saturated carbocycles. The second-order valence-electron chi connectivity index (χ2n) is 6.31. The number of nitrogens with two attached hydrogens (primary N) is 1. The zero-order valence-electron chi connectivity index (χ0n) is 16.0. The molecule has 3 aromatic rings. The molecule has 0 saturated heterocycles. The van der Waals surface area contributed by atoms with Crippen LogP contribution in [0.5, 0.6) is 5.88 Å². The van der Waals surface area contributed by atoms with Gasteiger partial charge in [0.05, 0.1) is 5.69 Å². The molecule has 1 heterocycles. The van der Waals surface area contributed by atoms with Crippen molar-refractivity contribution < 1.29 is 14.3 Å². The van der Waals surface area contributed by atoms with Gasteiger partial charge in [-0.2, -0.15) is 0 Å². The number of primary amides is 1. The van der Waals surface area contributed by atoms with E-state index in [1.165, 1.54) is 4.90 Å². The van der Waals surface area contributed by atoms with E-state index in [4.69, 9.17) is 10.5 Å². The van der Waals surface area contributed by atoms with Gasteiger partial charge in [0.1, 0.15) is 0 Å². The highest BCUT2D eigenvalue weighted by Crippen LogP contribution is 2.30. The van der Waals surface area contributed by atoms with Gasteiger partial charge < -0.3 is 15.4 Å². The molecule has 0 spiro atoms. The number of fused-ring (bicyclic) bond motifs is 1. The molecule has 28 heavy (non-hydrogen) atoms. The first kappa shape index (κ1) is 19.4. The number of pyridine rings is 1. The standard InChI is InChI=1S/C22H23N3O3/c1-3-25(4-2)22(27)19(20(23)26)28-21-17-13-9-8-12-16(17)14-18(24-21)15-10-6-5-7-11-15/h5-14,19H,3-4H2,1-2H3,(H2,23,26). The van der Waals surface area contributed by atoms with Gasteiger partial charge in [0.15, 0.2) is 0 Å². The third-order valence-electron chi connectivity index (χ3n) is 4.56. The number of carbonyl (C=O) groups excluding carboxylic acids is 2. The van der Waals surface area contributed by atoms with Gasteiger partial charge in [-0.1, -0.05) is 48.5 Å². The Bertz CT molecular complexity index is 985. The second-order valence-corrected chi connectivity index (χ2v) is 6.31. The fourth-order valence-corrected chi connectivity index (χ4v) is 3.06. The van der Waals surface area contributed by atoms with Crippen LogP contribution in [0.15, 0.2) is 60.7 Å². The first-order chi connectivity index (χ1) is 13.5. The van der Waals surface area contributed by atoms with Crippen LogP contribution in [0.2, 0.25) is 0 Å². The zero-order chi connectivity index (χ0) is 20.1. The van der Waals surface area contributed by atoms with Crippen LogP contribution in [0.4, 0.5) is 0 Å². The fraction of sp³-hybridized carbons (Fsp3) is 0.227. The maximum absolute atomic E-state index is 12.7. The van der Waals surface area contributed by atoms with Crippen molar-refractivity contribution in [3.63, 3.8) is 0 Å². The molecule has 144 valence electrons. The number of likely N-dealkylation sites (N-methyl/N-ethyl adjacent to an activating group) is 1. The molecular weight excluding hydrogens is 354 g/mol. The summed E-state index contributed by atoms with van der Waals surface area (Å²) in [6, 6.07) is 19.1. The summed E-state index contributed by atoms with van der Waals surface area (Å²) in [6.45, 7) is 4.59. The average molecular weight is 377 g/mol. The van der Waals surface area contributed by atoms with Crippen LogP contribution in [0.1, 0.15) is 13.8 Å². The lowest BCUT2D eigenvalue weighted by Crippen LogP contribution is -2.49. The van der Waals surface area contributed by atoms with Gasteiger partial charge in [-0.3, -0.25) is 9.59 Å². The number of amides is 2. The Hall–Kier alpha value is -3.41. The molecule has 0 radical (unpaired) electrons. The molecule has 2 aromatic carbocycles. The Morgan fingerprint density at radius 3 is 2.32 bits per heavy atom. The van der Waals surface area contributed by atoms with Crippen molar-refractivity contribution in [2.45, 2.75) is 20.0 Å². The van der Waals surface area contributed by atoms with E-state index in [2.05, 4.69) is 4.98 Å². The number of hydrogen-bond acceptors (Lipinski definition) is 4. The average Bonchev–Trinajstić information content (AvgIpc) is 2.72. The Morgan fingerprint density at radius 1 is 1.04 bits per heavy atom. The van der Waals surface area contributed by atoms with Gasteiger partial charge in [-0.15, -0.1) is 0 Å². The minimum Gasteiger partial charge on any atom is -0.453 e. The normalized spacial score (nSPS) is 11.8. The summed E-state index contributed by atoms with van der Waals surface area (Å²) in [5.41, 5.74) is 7.08. The molecule has 2 N–H and O–H groups in total. The number of benzene rings is 2. The molecule has 1 aromatic heterocycles. The molecule has 1 atom stereocenters. The Morgan fingerprint density at radius 2 is 1.68 bits per heavy atom. The lowest BCUT2D eigenvalue weighted by Gasteiger charge is -2.24. The van der Waals surface area contributed by atoms with E-state index in [9.17, 15) is 9.59 Å². The van der Waals surface area contributed by atoms with Crippen molar-refractivity contribution in [1.82, 2.24) is 9.88 Å². The topological polar surface area (TPSA) is 85.5 Å². The van der Waals surface area contributed by atoms with Crippen molar-refractivity contribution in [3.8, 4) is 17.1 Å². The van der Waals surface area contributed by atoms with E-state index in [0.29, 0.717) is 24.2 Å². The highest BCUT2D eigenvalue weighted by atomic mass is 16.5. The zero-order valence-corrected chi connectivity index (χ0v) is 16.0. The highest BCUT2D eigenvalue weighted by Gasteiger charge is 2.31. The summed E-state index contributed by atoms with van der Waals surface area (Å²) in [7, 11) is 0. The Balaban J connectivity index is 2.07. The predicted octanol–water partition coefficient (Wildman–Crippen LogP) is 3.00. The SMILES string of the molecule is CCN(CC)C(=O)C(Oc1nc(-c2ccccc2)cc2ccccc12)C(N)=O. The number of ether oxygens (including phenoxy) is 1. The summed E-state index contributed by atoms with van der Waals surface area (Å²) in [5, 5.41) is 1.60. The van der Waals surface area contributed by atoms with E-state index in [1.54, 1.807) is 0 Å². The van der Waals surface area contributed by atoms with Crippen LogP contribution in [-0.2, 0) is 9.59 Å². The molecule has 2 amide bonds. The Kier molecular flexibility index (Phi) is 5.89. The van der Waals surface area contributed by atoms with Crippen LogP contribution in [0.25, 0.3) is 22.0 Å². The predicted molar refractivity (Wildman–Crippen MR) is 109 cm³/mol. The van der Waals surface area contributed by atoms with E-state index >= 15 is 0 Å². The molecule has 0 aliphatic carbocycles. The molecular formula is C22H23N3O3. The van der Waals surface area contributed by atoms with Crippen molar-refractivity contribution in [3.05, 3.63) is 60.7 Å². The molecule has 0 bridgehead atoms. The number of aromatic nitrogens is 1. The third kappa shape index (κ3) is 3.96. The minimum absolute atomic E-state index is 0.209. The third-order valence-corrected chi connectivity index (χ3v) is 4.56. The second kappa shape index (κ2) is 8.52. The quantitative estimate of drug-likeness (QED) is 0.642. The molecule has 0 aliphatic rings. The first-order valence-corrected chi connectivity index (χ1v) is 9.25. The van der Waals surface area contributed by atoms with Crippen molar-refractivity contribution in [1.29, 1.82) is 0 Å². The van der Waals surface area contributed by atoms with Crippen LogP contribution in [-0.4, -0.2) is 40.9 Å². The maximum atomic E-state index is 12.7. The van der Waals surface area contributed by atoms with Crippen LogP contribution >= 0.6 is 0 Å². The summed E-state index contributed by atoms with van der Waals surface area (Å²) in [6.07, 6.45) is -1.43. The molecule has 6 heteroatoms. The van der Waals surface area contributed by atoms with Gasteiger partial charge in [-0.05, 0) is 31.4 Å². The number of rotatable bonds is 7. The number of hydrogen-bond donors (Lipinski definition) is 1. The maximum Gasteiger partial charge on any atom is 0.273 e. The number of nitrogens with zero attached hydrogens (tertiary/aromatic N) is 2. The molecule has 1 unspecified atom stereocenters. The molecule has 6 nitrogen and oxygen atoms in total. The van der Waals surface area contributed by atoms with Gasteiger partial charge in [0.2, 0.25) is 5.88 Å². The van der Waals surface area contributed by atoms with Gasteiger partial charge >= 0.3 is 0 Å². The minimum atomic E-state index is -1.43. The molecule has 0 aliphatic heterocycles. The van der Waals surface area contributed by atoms with Crippen LogP contribution in [0, 0.1) is 0 Å². The first-order valence-electron chi connectivity index (χ1n) is 9.25. The van der Waals surface area contributed by atoms with Crippen molar-refractivity contribution in [2.24, 2.45) is 5.73 Å². The van der Waals surface area contributed by atoms with Crippen LogP contribution in [0.3, 0.4) is 0 Å². The van der Waals surface area contributed by atoms with E-state index in [-0.39, 0.29) is 5.88 Å². The number of carbonyl (C=O) groups is 2. The van der Waals surface area contributed by atoms with Gasteiger partial charge in [0, 0.05) is 24.0 Å². The van der Waals surface area contributed by atoms with E-state index in [1.807, 2.05) is 74.5 Å². The summed E-state index contributed by atoms with van der Waals surface area (Å²) >= 11 is 0. The summed E-state index contributed by atoms with van der Waals surface area (Å²) < 4.78 is 5.82. The van der Waals surface area contributed by atoms with Gasteiger partial charge in [-0.25, -0.2) is 4.98 Å². The summed E-state index contributed by atoms with van der Waals surface area (Å²) in [5.74, 6) is -1.09. The molecule has 0 fully saturated rings. The fourth-order valence-electron chi connectivity index (χ4n) is 3.06. The van der Waals surface area contributed by atoms with Crippen LogP contribution < -0.4 is 10.5 Å². The Labute approximate surface area is 163 Å².